The number of hydrogen-bond donors (Lipinski definition) is 1. The maximum atomic E-state index is 13.0. The van der Waals surface area contributed by atoms with Crippen LogP contribution in [0, 0.1) is 0 Å². The number of carbonyl (C=O) groups excluding carboxylic acids is 1. The van der Waals surface area contributed by atoms with Crippen LogP contribution in [-0.4, -0.2) is 47.1 Å². The lowest BCUT2D eigenvalue weighted by Gasteiger charge is -2.31. The van der Waals surface area contributed by atoms with E-state index < -0.39 is 0 Å². The first-order chi connectivity index (χ1) is 11.2. The van der Waals surface area contributed by atoms with Gasteiger partial charge in [-0.1, -0.05) is 36.4 Å². The van der Waals surface area contributed by atoms with Crippen LogP contribution in [0.15, 0.2) is 53.9 Å². The molecule has 0 saturated carbocycles. The molecule has 2 heterocycles. The van der Waals surface area contributed by atoms with Crippen LogP contribution in [0.1, 0.15) is 24.8 Å². The number of amides is 1. The lowest BCUT2D eigenvalue weighted by atomic mass is 10.0. The number of hydrogen-bond acceptors (Lipinski definition) is 3. The van der Waals surface area contributed by atoms with Crippen molar-refractivity contribution in [2.24, 2.45) is 0 Å². The van der Waals surface area contributed by atoms with Crippen LogP contribution in [0.4, 0.5) is 0 Å². The highest BCUT2D eigenvalue weighted by molar-refractivity contribution is 5.95. The van der Waals surface area contributed by atoms with Crippen molar-refractivity contribution in [1.29, 1.82) is 0 Å². The van der Waals surface area contributed by atoms with Crippen molar-refractivity contribution in [3.05, 3.63) is 59.4 Å². The Morgan fingerprint density at radius 1 is 1.26 bits per heavy atom. The molecule has 0 aromatic heterocycles. The van der Waals surface area contributed by atoms with Crippen molar-refractivity contribution in [2.75, 3.05) is 20.2 Å². The van der Waals surface area contributed by atoms with Crippen LogP contribution in [0.25, 0.3) is 0 Å². The largest absolute Gasteiger partial charge is 0.394 e. The van der Waals surface area contributed by atoms with Gasteiger partial charge < -0.3 is 14.9 Å². The van der Waals surface area contributed by atoms with E-state index in [4.69, 9.17) is 0 Å². The Morgan fingerprint density at radius 2 is 2.04 bits per heavy atom. The highest BCUT2D eigenvalue weighted by Gasteiger charge is 2.31. The lowest BCUT2D eigenvalue weighted by molar-refractivity contribution is -0.130. The molecule has 0 bridgehead atoms. The van der Waals surface area contributed by atoms with E-state index in [9.17, 15) is 9.90 Å². The molecule has 1 aromatic carbocycles. The van der Waals surface area contributed by atoms with Gasteiger partial charge in [-0.05, 0) is 37.4 Å². The molecule has 23 heavy (non-hydrogen) atoms. The fourth-order valence-corrected chi connectivity index (χ4v) is 3.49. The van der Waals surface area contributed by atoms with Crippen LogP contribution in [0.3, 0.4) is 0 Å². The van der Waals surface area contributed by atoms with Gasteiger partial charge in [-0.15, -0.1) is 0 Å². The van der Waals surface area contributed by atoms with Gasteiger partial charge in [0.25, 0.3) is 5.91 Å². The molecule has 122 valence electrons. The van der Waals surface area contributed by atoms with Crippen LogP contribution in [0.5, 0.6) is 0 Å². The molecular formula is C19H24N2O2. The van der Waals surface area contributed by atoms with Gasteiger partial charge in [0.15, 0.2) is 0 Å². The van der Waals surface area contributed by atoms with Gasteiger partial charge in [0, 0.05) is 24.9 Å². The molecule has 4 nitrogen and oxygen atoms in total. The normalized spacial score (nSPS) is 19.7. The summed E-state index contributed by atoms with van der Waals surface area (Å²) in [6.07, 6.45) is 7.31. The second kappa shape index (κ2) is 7.01. The third-order valence-corrected chi connectivity index (χ3v) is 4.72. The van der Waals surface area contributed by atoms with Crippen molar-refractivity contribution in [3.8, 4) is 0 Å². The molecule has 2 aliphatic heterocycles. The number of aliphatic hydroxyl groups is 1. The Labute approximate surface area is 137 Å². The molecule has 0 spiro atoms. The van der Waals surface area contributed by atoms with E-state index in [1.165, 1.54) is 0 Å². The molecule has 0 radical (unpaired) electrons. The second-order valence-corrected chi connectivity index (χ2v) is 6.25. The predicted octanol–water partition coefficient (Wildman–Crippen LogP) is 2.32. The maximum absolute atomic E-state index is 13.0. The van der Waals surface area contributed by atoms with E-state index in [-0.39, 0.29) is 18.6 Å². The van der Waals surface area contributed by atoms with Gasteiger partial charge in [0.1, 0.15) is 0 Å². The van der Waals surface area contributed by atoms with Crippen molar-refractivity contribution < 1.29 is 9.90 Å². The second-order valence-electron chi connectivity index (χ2n) is 6.25. The third-order valence-electron chi connectivity index (χ3n) is 4.72. The highest BCUT2D eigenvalue weighted by atomic mass is 16.3. The summed E-state index contributed by atoms with van der Waals surface area (Å²) >= 11 is 0. The first kappa shape index (κ1) is 15.8. The summed E-state index contributed by atoms with van der Waals surface area (Å²) in [4.78, 5) is 17.0. The molecule has 3 rings (SSSR count). The molecule has 0 saturated heterocycles. The molecule has 1 amide bonds. The molecule has 0 aliphatic carbocycles. The van der Waals surface area contributed by atoms with Crippen LogP contribution >= 0.6 is 0 Å². The summed E-state index contributed by atoms with van der Waals surface area (Å²) in [5, 5.41) is 9.86. The van der Waals surface area contributed by atoms with Crippen molar-refractivity contribution in [3.63, 3.8) is 0 Å². The minimum absolute atomic E-state index is 0.00503. The Balaban J connectivity index is 1.82. The third kappa shape index (κ3) is 3.32. The summed E-state index contributed by atoms with van der Waals surface area (Å²) in [6, 6.07) is 9.91. The van der Waals surface area contributed by atoms with E-state index in [1.54, 1.807) is 0 Å². The van der Waals surface area contributed by atoms with E-state index in [0.29, 0.717) is 19.4 Å². The fraction of sp³-hybridized carbons (Fsp3) is 0.421. The van der Waals surface area contributed by atoms with Crippen molar-refractivity contribution >= 4 is 5.91 Å². The molecule has 1 atom stereocenters. The zero-order valence-electron chi connectivity index (χ0n) is 13.6. The summed E-state index contributed by atoms with van der Waals surface area (Å²) < 4.78 is 0. The van der Waals surface area contributed by atoms with Gasteiger partial charge in [-0.3, -0.25) is 4.79 Å². The van der Waals surface area contributed by atoms with Crippen LogP contribution < -0.4 is 0 Å². The fourth-order valence-electron chi connectivity index (χ4n) is 3.49. The predicted molar refractivity (Wildman–Crippen MR) is 90.5 cm³/mol. The minimum Gasteiger partial charge on any atom is -0.394 e. The van der Waals surface area contributed by atoms with Gasteiger partial charge in [0.2, 0.25) is 0 Å². The monoisotopic (exact) mass is 312 g/mol. The Hall–Kier alpha value is -2.07. The molecular weight excluding hydrogens is 288 g/mol. The lowest BCUT2D eigenvalue weighted by Crippen LogP contribution is -2.44. The minimum atomic E-state index is -0.159. The quantitative estimate of drug-likeness (QED) is 0.928. The molecule has 1 N–H and O–H groups in total. The number of allylic oxidation sites excluding steroid dienone is 2. The van der Waals surface area contributed by atoms with E-state index in [2.05, 4.69) is 4.90 Å². The molecule has 1 aromatic rings. The highest BCUT2D eigenvalue weighted by Crippen LogP contribution is 2.29. The molecule has 2 aliphatic rings. The van der Waals surface area contributed by atoms with E-state index in [0.717, 1.165) is 29.7 Å². The van der Waals surface area contributed by atoms with Gasteiger partial charge in [-0.2, -0.15) is 0 Å². The molecule has 0 unspecified atom stereocenters. The van der Waals surface area contributed by atoms with Crippen molar-refractivity contribution in [1.82, 2.24) is 9.80 Å². The summed E-state index contributed by atoms with van der Waals surface area (Å²) in [5.41, 5.74) is 3.17. The first-order valence-electron chi connectivity index (χ1n) is 8.28. The number of benzene rings is 1. The number of rotatable bonds is 4. The zero-order valence-corrected chi connectivity index (χ0v) is 13.6. The average molecular weight is 312 g/mol. The topological polar surface area (TPSA) is 43.8 Å². The Bertz CT molecular complexity index is 622. The van der Waals surface area contributed by atoms with Gasteiger partial charge >= 0.3 is 0 Å². The Morgan fingerprint density at radius 3 is 2.78 bits per heavy atom. The number of nitrogens with zero attached hydrogens (tertiary/aromatic N) is 2. The van der Waals surface area contributed by atoms with Crippen LogP contribution in [-0.2, 0) is 11.2 Å². The Kier molecular flexibility index (Phi) is 4.82. The summed E-state index contributed by atoms with van der Waals surface area (Å²) in [7, 11) is 2.00. The van der Waals surface area contributed by atoms with Crippen molar-refractivity contribution in [2.45, 2.75) is 31.7 Å². The van der Waals surface area contributed by atoms with Crippen LogP contribution in [0.2, 0.25) is 0 Å². The SMILES string of the molecule is CN1C=CCC2=C1CCCN([C@H](CO)Cc1ccccc1)C2=O. The first-order valence-corrected chi connectivity index (χ1v) is 8.28. The summed E-state index contributed by atoms with van der Waals surface area (Å²) in [6.45, 7) is 0.701. The zero-order chi connectivity index (χ0) is 16.2. The smallest absolute Gasteiger partial charge is 0.252 e. The van der Waals surface area contributed by atoms with Gasteiger partial charge in [0.05, 0.1) is 12.6 Å². The van der Waals surface area contributed by atoms with Gasteiger partial charge in [-0.25, -0.2) is 0 Å². The average Bonchev–Trinajstić information content (AvgIpc) is 2.74. The maximum Gasteiger partial charge on any atom is 0.252 e. The summed E-state index contributed by atoms with van der Waals surface area (Å²) in [5.74, 6) is 0.0867. The molecule has 0 fully saturated rings. The number of carbonyl (C=O) groups is 1. The standard InChI is InChI=1S/C19H24N2O2/c1-20-11-5-9-17-18(20)10-6-12-21(19(17)23)16(14-22)13-15-7-3-2-4-8-15/h2-5,7-8,11,16,22H,6,9-10,12-14H2,1H3/t16-/m0/s1. The number of aliphatic hydroxyl groups excluding tert-OH is 1. The molecule has 4 heteroatoms. The van der Waals surface area contributed by atoms with E-state index in [1.807, 2.05) is 54.6 Å². The van der Waals surface area contributed by atoms with E-state index >= 15 is 0 Å².